The van der Waals surface area contributed by atoms with Crippen molar-refractivity contribution >= 4 is 16.0 Å². The minimum absolute atomic E-state index is 0.0741. The largest absolute Gasteiger partial charge is 0.493 e. The summed E-state index contributed by atoms with van der Waals surface area (Å²) in [6.45, 7) is 3.47. The highest BCUT2D eigenvalue weighted by atomic mass is 32.2. The summed E-state index contributed by atoms with van der Waals surface area (Å²) in [5.74, 6) is 3.69. The molecule has 0 saturated carbocycles. The van der Waals surface area contributed by atoms with E-state index in [9.17, 15) is 13.2 Å². The Morgan fingerprint density at radius 3 is 2.00 bits per heavy atom. The summed E-state index contributed by atoms with van der Waals surface area (Å²) >= 11 is 0. The maximum absolute atomic E-state index is 12.9. The highest BCUT2D eigenvalue weighted by molar-refractivity contribution is 7.85. The number of methoxy groups -OCH3 is 4. The van der Waals surface area contributed by atoms with Crippen molar-refractivity contribution in [2.24, 2.45) is 0 Å². The molecule has 11 heteroatoms. The molecule has 2 aliphatic rings. The lowest BCUT2D eigenvalue weighted by atomic mass is 9.77. The van der Waals surface area contributed by atoms with E-state index >= 15 is 0 Å². The summed E-state index contributed by atoms with van der Waals surface area (Å²) in [6.07, 6.45) is 3.27. The van der Waals surface area contributed by atoms with Gasteiger partial charge in [-0.2, -0.15) is 8.42 Å². The van der Waals surface area contributed by atoms with Crippen LogP contribution in [0.1, 0.15) is 34.6 Å². The normalized spacial score (nSPS) is 15.7. The lowest BCUT2D eigenvalue weighted by Gasteiger charge is -2.34. The summed E-state index contributed by atoms with van der Waals surface area (Å²) in [5.41, 5.74) is 4.91. The van der Waals surface area contributed by atoms with Gasteiger partial charge in [0.2, 0.25) is 5.91 Å². The molecule has 0 spiro atoms. The van der Waals surface area contributed by atoms with Gasteiger partial charge >= 0.3 is 0 Å². The number of nitrogens with zero attached hydrogens (tertiary/aromatic N) is 2. The fourth-order valence-corrected chi connectivity index (χ4v) is 6.25. The predicted molar refractivity (Wildman–Crippen MR) is 168 cm³/mol. The molecule has 44 heavy (non-hydrogen) atoms. The third kappa shape index (κ3) is 8.02. The van der Waals surface area contributed by atoms with Crippen LogP contribution in [0.5, 0.6) is 23.0 Å². The number of carbonyl (C=O) groups is 1. The Bertz CT molecular complexity index is 1550. The molecule has 1 aliphatic carbocycles. The van der Waals surface area contributed by atoms with Crippen LogP contribution in [-0.4, -0.2) is 90.3 Å². The van der Waals surface area contributed by atoms with E-state index in [-0.39, 0.29) is 10.8 Å². The quantitative estimate of drug-likeness (QED) is 0.312. The second-order valence-electron chi connectivity index (χ2n) is 11.0. The Morgan fingerprint density at radius 2 is 1.43 bits per heavy atom. The Kier molecular flexibility index (Phi) is 11.1. The first-order chi connectivity index (χ1) is 21.1. The number of likely N-dealkylation sites (N-methyl/N-ethyl adjacent to an activating group) is 1. The van der Waals surface area contributed by atoms with Gasteiger partial charge in [0.05, 0.1) is 39.8 Å². The highest BCUT2D eigenvalue weighted by Crippen LogP contribution is 2.42. The van der Waals surface area contributed by atoms with Gasteiger partial charge in [-0.1, -0.05) is 18.2 Å². The molecule has 1 heterocycles. The molecular weight excluding hydrogens is 584 g/mol. The van der Waals surface area contributed by atoms with Crippen molar-refractivity contribution in [3.8, 4) is 23.0 Å². The molecule has 1 N–H and O–H groups in total. The number of amides is 1. The minimum atomic E-state index is -4.00. The number of fused-ring (bicyclic) bond motifs is 2. The second-order valence-corrected chi connectivity index (χ2v) is 12.4. The molecule has 3 aromatic carbocycles. The molecule has 3 aromatic rings. The number of carbonyl (C=O) groups excluding carboxylic acids is 1. The van der Waals surface area contributed by atoms with E-state index in [4.69, 9.17) is 23.5 Å². The molecule has 1 amide bonds. The lowest BCUT2D eigenvalue weighted by molar-refractivity contribution is -0.130. The first-order valence-electron chi connectivity index (χ1n) is 14.5. The summed E-state index contributed by atoms with van der Waals surface area (Å²) in [7, 11) is 4.79. The summed E-state index contributed by atoms with van der Waals surface area (Å²) in [4.78, 5) is 17.2. The molecule has 0 unspecified atom stereocenters. The van der Waals surface area contributed by atoms with Crippen LogP contribution in [0.25, 0.3) is 0 Å². The molecule has 0 fully saturated rings. The highest BCUT2D eigenvalue weighted by Gasteiger charge is 2.29. The molecule has 1 atom stereocenters. The monoisotopic (exact) mass is 626 g/mol. The molecule has 0 radical (unpaired) electrons. The minimum Gasteiger partial charge on any atom is -0.493 e. The zero-order chi connectivity index (χ0) is 31.9. The van der Waals surface area contributed by atoms with Crippen molar-refractivity contribution in [3.63, 3.8) is 0 Å². The van der Waals surface area contributed by atoms with Crippen molar-refractivity contribution in [3.05, 3.63) is 76.9 Å². The number of hydrogen-bond donors (Lipinski definition) is 1. The van der Waals surface area contributed by atoms with Crippen LogP contribution >= 0.6 is 0 Å². The first-order valence-corrected chi connectivity index (χ1v) is 16.0. The van der Waals surface area contributed by atoms with Crippen molar-refractivity contribution in [2.75, 3.05) is 61.7 Å². The summed E-state index contributed by atoms with van der Waals surface area (Å²) in [5, 5.41) is 0. The number of hydrogen-bond acceptors (Lipinski definition) is 8. The van der Waals surface area contributed by atoms with Gasteiger partial charge in [0.1, 0.15) is 0 Å². The maximum Gasteiger partial charge on any atom is 0.294 e. The molecule has 238 valence electrons. The number of ether oxygens (including phenoxy) is 4. The van der Waals surface area contributed by atoms with E-state index in [2.05, 4.69) is 24.1 Å². The van der Waals surface area contributed by atoms with Crippen LogP contribution in [0.2, 0.25) is 0 Å². The summed E-state index contributed by atoms with van der Waals surface area (Å²) in [6, 6.07) is 15.6. The number of rotatable bonds is 11. The molecule has 10 nitrogen and oxygen atoms in total. The van der Waals surface area contributed by atoms with E-state index < -0.39 is 10.1 Å². The van der Waals surface area contributed by atoms with Gasteiger partial charge in [-0.15, -0.1) is 0 Å². The van der Waals surface area contributed by atoms with Crippen LogP contribution < -0.4 is 18.9 Å². The van der Waals surface area contributed by atoms with E-state index in [1.165, 1.54) is 28.8 Å². The Labute approximate surface area is 260 Å². The smallest absolute Gasteiger partial charge is 0.294 e. The summed E-state index contributed by atoms with van der Waals surface area (Å²) < 4.78 is 51.0. The van der Waals surface area contributed by atoms with Crippen LogP contribution in [0.4, 0.5) is 0 Å². The SMILES string of the molecule is COc1cc2c(cc1OC)CC(=O)N(CCCN(C)C[C@H]1Cc3cc(OC)c(OC)cc31)CC2.O=S(=O)(O)c1ccccc1. The van der Waals surface area contributed by atoms with Gasteiger partial charge in [0, 0.05) is 25.6 Å². The average Bonchev–Trinajstić information content (AvgIpc) is 3.16. The van der Waals surface area contributed by atoms with Crippen LogP contribution in [0, 0.1) is 0 Å². The van der Waals surface area contributed by atoms with E-state index in [0.29, 0.717) is 18.1 Å². The maximum atomic E-state index is 12.9. The Balaban J connectivity index is 0.000000375. The molecule has 0 aromatic heterocycles. The molecule has 0 bridgehead atoms. The molecular formula is C33H42N2O8S. The van der Waals surface area contributed by atoms with E-state index in [0.717, 1.165) is 68.3 Å². The Hall–Kier alpha value is -3.80. The zero-order valence-corrected chi connectivity index (χ0v) is 26.9. The van der Waals surface area contributed by atoms with Crippen LogP contribution in [0.3, 0.4) is 0 Å². The van der Waals surface area contributed by atoms with Crippen LogP contribution in [0.15, 0.2) is 59.5 Å². The van der Waals surface area contributed by atoms with Gasteiger partial charge in [-0.3, -0.25) is 9.35 Å². The van der Waals surface area contributed by atoms with E-state index in [1.807, 2.05) is 17.0 Å². The van der Waals surface area contributed by atoms with Crippen LogP contribution in [-0.2, 0) is 34.2 Å². The molecule has 5 rings (SSSR count). The first kappa shape index (κ1) is 33.1. The molecule has 0 saturated heterocycles. The van der Waals surface area contributed by atoms with Crippen molar-refractivity contribution in [1.29, 1.82) is 0 Å². The predicted octanol–water partition coefficient (Wildman–Crippen LogP) is 4.24. The van der Waals surface area contributed by atoms with Gasteiger partial charge in [-0.05, 0) is 91.5 Å². The topological polar surface area (TPSA) is 115 Å². The van der Waals surface area contributed by atoms with Crippen molar-refractivity contribution in [2.45, 2.75) is 36.5 Å². The fraction of sp³-hybridized carbons (Fsp3) is 0.424. The fourth-order valence-electron chi connectivity index (χ4n) is 5.74. The number of benzene rings is 3. The van der Waals surface area contributed by atoms with Gasteiger partial charge < -0.3 is 28.7 Å². The van der Waals surface area contributed by atoms with E-state index in [1.54, 1.807) is 46.6 Å². The third-order valence-corrected chi connectivity index (χ3v) is 9.01. The van der Waals surface area contributed by atoms with Gasteiger partial charge in [-0.25, -0.2) is 0 Å². The van der Waals surface area contributed by atoms with Gasteiger partial charge in [0.25, 0.3) is 10.1 Å². The van der Waals surface area contributed by atoms with Crippen molar-refractivity contribution < 1.29 is 36.7 Å². The second kappa shape index (κ2) is 14.8. The van der Waals surface area contributed by atoms with Gasteiger partial charge in [0.15, 0.2) is 23.0 Å². The Morgan fingerprint density at radius 1 is 0.864 bits per heavy atom. The lowest BCUT2D eigenvalue weighted by Crippen LogP contribution is -2.36. The van der Waals surface area contributed by atoms with Crippen molar-refractivity contribution in [1.82, 2.24) is 9.80 Å². The average molecular weight is 627 g/mol. The zero-order valence-electron chi connectivity index (χ0n) is 26.0. The third-order valence-electron chi connectivity index (χ3n) is 8.14. The standard InChI is InChI=1S/C27H36N2O5.C6H6O3S/c1-28(17-21-11-20-14-25(33-4)26(34-5)16-22(20)21)8-6-9-29-10-7-18-12-23(31-2)24(32-3)13-19(18)15-27(29)30;7-10(8,9)6-4-2-1-3-5-6/h12-14,16,21H,6-11,15,17H2,1-5H3;1-5H,(H,7,8,9)/t21-;/m1./s1. The molecule has 1 aliphatic heterocycles.